The molecule has 1 aromatic rings. The molecule has 0 amide bonds. The Kier molecular flexibility index (Phi) is 6.27. The van der Waals surface area contributed by atoms with E-state index in [2.05, 4.69) is 34.6 Å². The highest BCUT2D eigenvalue weighted by Crippen LogP contribution is 2.09. The third kappa shape index (κ3) is 5.47. The summed E-state index contributed by atoms with van der Waals surface area (Å²) in [4.78, 5) is 2.56. The van der Waals surface area contributed by atoms with E-state index in [4.69, 9.17) is 12.2 Å². The summed E-state index contributed by atoms with van der Waals surface area (Å²) in [6, 6.07) is 8.26. The maximum atomic E-state index is 5.31. The molecule has 20 heavy (non-hydrogen) atoms. The number of nitrogens with one attached hydrogen (secondary N) is 2. The van der Waals surface area contributed by atoms with Crippen LogP contribution in [0.5, 0.6) is 0 Å². The number of piperidine rings is 1. The van der Waals surface area contributed by atoms with Crippen molar-refractivity contribution in [3.8, 4) is 0 Å². The van der Waals surface area contributed by atoms with Crippen LogP contribution < -0.4 is 10.6 Å². The molecule has 0 spiro atoms. The second-order valence-corrected chi connectivity index (χ2v) is 5.91. The van der Waals surface area contributed by atoms with Gasteiger partial charge in [0.15, 0.2) is 5.11 Å². The molecule has 4 heteroatoms. The second-order valence-electron chi connectivity index (χ2n) is 5.51. The second kappa shape index (κ2) is 8.22. The monoisotopic (exact) mass is 291 g/mol. The van der Waals surface area contributed by atoms with Gasteiger partial charge in [0.25, 0.3) is 0 Å². The lowest BCUT2D eigenvalue weighted by atomic mass is 10.1. The fourth-order valence-electron chi connectivity index (χ4n) is 2.59. The predicted molar refractivity (Wildman–Crippen MR) is 90.3 cm³/mol. The molecule has 0 radical (unpaired) electrons. The van der Waals surface area contributed by atoms with Crippen molar-refractivity contribution in [1.82, 2.24) is 10.2 Å². The standard InChI is InChI=1S/C16H25N3S/c1-14-7-5-8-15(13-14)18-16(20)17-9-6-12-19-10-3-2-4-11-19/h5,7-8,13H,2-4,6,9-12H2,1H3,(H2,17,18,20). The number of likely N-dealkylation sites (tertiary alicyclic amines) is 1. The van der Waals surface area contributed by atoms with Crippen LogP contribution in [0.15, 0.2) is 24.3 Å². The number of benzene rings is 1. The Morgan fingerprint density at radius 3 is 2.80 bits per heavy atom. The molecule has 1 fully saturated rings. The lowest BCUT2D eigenvalue weighted by molar-refractivity contribution is 0.227. The van der Waals surface area contributed by atoms with E-state index in [1.54, 1.807) is 0 Å². The summed E-state index contributed by atoms with van der Waals surface area (Å²) >= 11 is 5.31. The van der Waals surface area contributed by atoms with Crippen LogP contribution in [-0.4, -0.2) is 36.2 Å². The SMILES string of the molecule is Cc1cccc(NC(=S)NCCCN2CCCCC2)c1. The fourth-order valence-corrected chi connectivity index (χ4v) is 2.81. The number of rotatable bonds is 5. The molecule has 0 atom stereocenters. The molecule has 0 bridgehead atoms. The normalized spacial score (nSPS) is 15.8. The molecule has 1 aliphatic heterocycles. The molecule has 0 unspecified atom stereocenters. The molecule has 1 aromatic carbocycles. The van der Waals surface area contributed by atoms with Crippen molar-refractivity contribution in [3.05, 3.63) is 29.8 Å². The van der Waals surface area contributed by atoms with E-state index >= 15 is 0 Å². The maximum absolute atomic E-state index is 5.31. The summed E-state index contributed by atoms with van der Waals surface area (Å²) in [5.41, 5.74) is 2.29. The third-order valence-corrected chi connectivity index (χ3v) is 3.91. The van der Waals surface area contributed by atoms with Gasteiger partial charge in [0.2, 0.25) is 0 Å². The molecule has 0 aromatic heterocycles. The van der Waals surface area contributed by atoms with Crippen LogP contribution in [-0.2, 0) is 0 Å². The molecule has 0 aliphatic carbocycles. The van der Waals surface area contributed by atoms with Gasteiger partial charge in [-0.15, -0.1) is 0 Å². The first-order valence-electron chi connectivity index (χ1n) is 7.58. The number of hydrogen-bond donors (Lipinski definition) is 2. The van der Waals surface area contributed by atoms with Crippen molar-refractivity contribution in [3.63, 3.8) is 0 Å². The Hall–Kier alpha value is -1.13. The molecule has 1 heterocycles. The summed E-state index contributed by atoms with van der Waals surface area (Å²) in [6.07, 6.45) is 5.27. The smallest absolute Gasteiger partial charge is 0.170 e. The summed E-state index contributed by atoms with van der Waals surface area (Å²) < 4.78 is 0. The van der Waals surface area contributed by atoms with Gasteiger partial charge in [-0.3, -0.25) is 0 Å². The van der Waals surface area contributed by atoms with Gasteiger partial charge in [0, 0.05) is 12.2 Å². The van der Waals surface area contributed by atoms with Crippen LogP contribution in [0.25, 0.3) is 0 Å². The first-order valence-corrected chi connectivity index (χ1v) is 7.99. The minimum atomic E-state index is 0.717. The summed E-state index contributed by atoms with van der Waals surface area (Å²) in [6.45, 7) is 6.74. The van der Waals surface area contributed by atoms with Crippen LogP contribution in [0, 0.1) is 6.92 Å². The Balaban J connectivity index is 1.60. The van der Waals surface area contributed by atoms with Crippen LogP contribution >= 0.6 is 12.2 Å². The molecule has 0 saturated carbocycles. The summed E-state index contributed by atoms with van der Waals surface area (Å²) in [7, 11) is 0. The van der Waals surface area contributed by atoms with Gasteiger partial charge in [-0.25, -0.2) is 0 Å². The van der Waals surface area contributed by atoms with Crippen LogP contribution in [0.3, 0.4) is 0 Å². The Morgan fingerprint density at radius 2 is 2.05 bits per heavy atom. The number of nitrogens with zero attached hydrogens (tertiary/aromatic N) is 1. The first kappa shape index (κ1) is 15.3. The van der Waals surface area contributed by atoms with Crippen LogP contribution in [0.4, 0.5) is 5.69 Å². The van der Waals surface area contributed by atoms with Gasteiger partial charge >= 0.3 is 0 Å². The fraction of sp³-hybridized carbons (Fsp3) is 0.562. The molecule has 1 saturated heterocycles. The average Bonchev–Trinajstić information content (AvgIpc) is 2.45. The maximum Gasteiger partial charge on any atom is 0.170 e. The van der Waals surface area contributed by atoms with Gasteiger partial charge in [-0.1, -0.05) is 18.6 Å². The molecule has 3 nitrogen and oxygen atoms in total. The number of anilines is 1. The van der Waals surface area contributed by atoms with Crippen LogP contribution in [0.1, 0.15) is 31.2 Å². The Labute approximate surface area is 127 Å². The van der Waals surface area contributed by atoms with Crippen molar-refractivity contribution in [1.29, 1.82) is 0 Å². The number of aryl methyl sites for hydroxylation is 1. The van der Waals surface area contributed by atoms with E-state index in [0.29, 0.717) is 5.11 Å². The van der Waals surface area contributed by atoms with E-state index in [0.717, 1.165) is 18.7 Å². The summed E-state index contributed by atoms with van der Waals surface area (Å²) in [5, 5.41) is 7.23. The highest BCUT2D eigenvalue weighted by Gasteiger charge is 2.08. The Morgan fingerprint density at radius 1 is 1.25 bits per heavy atom. The molecular weight excluding hydrogens is 266 g/mol. The van der Waals surface area contributed by atoms with Crippen molar-refractivity contribution in [2.75, 3.05) is 31.5 Å². The van der Waals surface area contributed by atoms with Gasteiger partial charge in [0.05, 0.1) is 0 Å². The zero-order valence-electron chi connectivity index (χ0n) is 12.3. The van der Waals surface area contributed by atoms with E-state index in [1.165, 1.54) is 44.5 Å². The van der Waals surface area contributed by atoms with Gasteiger partial charge in [-0.2, -0.15) is 0 Å². The highest BCUT2D eigenvalue weighted by molar-refractivity contribution is 7.80. The van der Waals surface area contributed by atoms with Gasteiger partial charge in [0.1, 0.15) is 0 Å². The van der Waals surface area contributed by atoms with E-state index in [-0.39, 0.29) is 0 Å². The van der Waals surface area contributed by atoms with E-state index in [9.17, 15) is 0 Å². The lowest BCUT2D eigenvalue weighted by Crippen LogP contribution is -2.34. The molecule has 110 valence electrons. The molecule has 2 N–H and O–H groups in total. The first-order chi connectivity index (χ1) is 9.74. The minimum Gasteiger partial charge on any atom is -0.362 e. The minimum absolute atomic E-state index is 0.717. The Bertz CT molecular complexity index is 427. The van der Waals surface area contributed by atoms with Crippen molar-refractivity contribution < 1.29 is 0 Å². The van der Waals surface area contributed by atoms with Gasteiger partial charge < -0.3 is 15.5 Å². The van der Waals surface area contributed by atoms with E-state index < -0.39 is 0 Å². The van der Waals surface area contributed by atoms with Crippen molar-refractivity contribution in [2.24, 2.45) is 0 Å². The molecule has 1 aliphatic rings. The highest BCUT2D eigenvalue weighted by atomic mass is 32.1. The van der Waals surface area contributed by atoms with Crippen molar-refractivity contribution in [2.45, 2.75) is 32.6 Å². The van der Waals surface area contributed by atoms with Crippen molar-refractivity contribution >= 4 is 23.0 Å². The van der Waals surface area contributed by atoms with Gasteiger partial charge in [-0.05, 0) is 75.7 Å². The molecular formula is C16H25N3S. The average molecular weight is 291 g/mol. The zero-order chi connectivity index (χ0) is 14.2. The lowest BCUT2D eigenvalue weighted by Gasteiger charge is -2.26. The predicted octanol–water partition coefficient (Wildman–Crippen LogP) is 3.16. The number of thiocarbonyl (C=S) groups is 1. The zero-order valence-corrected chi connectivity index (χ0v) is 13.1. The topological polar surface area (TPSA) is 27.3 Å². The number of hydrogen-bond acceptors (Lipinski definition) is 2. The quantitative estimate of drug-likeness (QED) is 0.644. The molecule has 2 rings (SSSR count). The van der Waals surface area contributed by atoms with E-state index in [1.807, 2.05) is 12.1 Å². The summed E-state index contributed by atoms with van der Waals surface area (Å²) in [5.74, 6) is 0. The van der Waals surface area contributed by atoms with Crippen LogP contribution in [0.2, 0.25) is 0 Å². The third-order valence-electron chi connectivity index (χ3n) is 3.66. The largest absolute Gasteiger partial charge is 0.362 e.